The predicted octanol–water partition coefficient (Wildman–Crippen LogP) is 6.33. The third kappa shape index (κ3) is 4.09. The molecule has 3 aromatic rings. The van der Waals surface area contributed by atoms with E-state index in [-0.39, 0.29) is 17.6 Å². The number of thiophene rings is 1. The van der Waals surface area contributed by atoms with Crippen molar-refractivity contribution in [3.05, 3.63) is 70.4 Å². The van der Waals surface area contributed by atoms with Crippen LogP contribution in [0.1, 0.15) is 16.7 Å². The minimum atomic E-state index is -4.84. The van der Waals surface area contributed by atoms with Gasteiger partial charge in [0.1, 0.15) is 17.3 Å². The first kappa shape index (κ1) is 21.6. The predicted molar refractivity (Wildman–Crippen MR) is 108 cm³/mol. The van der Waals surface area contributed by atoms with Crippen molar-refractivity contribution in [1.29, 1.82) is 0 Å². The van der Waals surface area contributed by atoms with E-state index < -0.39 is 28.7 Å². The second-order valence-electron chi connectivity index (χ2n) is 6.12. The summed E-state index contributed by atoms with van der Waals surface area (Å²) in [6.45, 7) is 0. The highest BCUT2D eigenvalue weighted by molar-refractivity contribution is 7.13. The molecule has 30 heavy (non-hydrogen) atoms. The van der Waals surface area contributed by atoms with Gasteiger partial charge < -0.3 is 9.47 Å². The number of hydrogen-bond donors (Lipinski definition) is 0. The van der Waals surface area contributed by atoms with Crippen LogP contribution in [0.5, 0.6) is 11.5 Å². The zero-order valence-corrected chi connectivity index (χ0v) is 16.7. The van der Waals surface area contributed by atoms with Crippen LogP contribution in [0.4, 0.5) is 17.6 Å². The summed E-state index contributed by atoms with van der Waals surface area (Å²) in [4.78, 5) is 12.6. The van der Waals surface area contributed by atoms with Gasteiger partial charge in [-0.1, -0.05) is 12.1 Å². The molecule has 3 rings (SSSR count). The monoisotopic (exact) mass is 436 g/mol. The standard InChI is InChI=1S/C22H16F4O3S/c1-28-18-9-8-14(19-7-4-10-30-19)21(29-2)15(18)11-13(12-27)20-16(22(24,25)26)5-3-6-17(20)23/h3-12H,1-2H3. The van der Waals surface area contributed by atoms with Crippen LogP contribution in [-0.2, 0) is 11.0 Å². The SMILES string of the molecule is COc1ccc(-c2cccs2)c(OC)c1C=C(C=O)c1c(F)cccc1C(F)(F)F. The van der Waals surface area contributed by atoms with Crippen LogP contribution in [0.3, 0.4) is 0 Å². The Hall–Kier alpha value is -3.13. The van der Waals surface area contributed by atoms with Gasteiger partial charge in [-0.15, -0.1) is 11.3 Å². The topological polar surface area (TPSA) is 35.5 Å². The minimum Gasteiger partial charge on any atom is -0.496 e. The summed E-state index contributed by atoms with van der Waals surface area (Å²) >= 11 is 1.44. The quantitative estimate of drug-likeness (QED) is 0.196. The number of alkyl halides is 3. The summed E-state index contributed by atoms with van der Waals surface area (Å²) in [5.74, 6) is -0.604. The summed E-state index contributed by atoms with van der Waals surface area (Å²) in [5.41, 5.74) is -1.67. The van der Waals surface area contributed by atoms with Crippen molar-refractivity contribution in [3.63, 3.8) is 0 Å². The number of benzene rings is 2. The molecule has 0 unspecified atom stereocenters. The van der Waals surface area contributed by atoms with E-state index in [9.17, 15) is 22.4 Å². The molecule has 1 heterocycles. The normalized spacial score (nSPS) is 12.0. The number of carbonyl (C=O) groups is 1. The number of rotatable bonds is 6. The molecule has 0 saturated heterocycles. The zero-order chi connectivity index (χ0) is 21.9. The highest BCUT2D eigenvalue weighted by Crippen LogP contribution is 2.43. The van der Waals surface area contributed by atoms with Gasteiger partial charge in [-0.3, -0.25) is 4.79 Å². The maximum Gasteiger partial charge on any atom is 0.417 e. The maximum atomic E-state index is 14.4. The summed E-state index contributed by atoms with van der Waals surface area (Å²) in [7, 11) is 2.77. The molecule has 0 bridgehead atoms. The number of methoxy groups -OCH3 is 2. The van der Waals surface area contributed by atoms with E-state index in [1.807, 2.05) is 17.5 Å². The molecule has 0 radical (unpaired) electrons. The van der Waals surface area contributed by atoms with Crippen LogP contribution in [0.15, 0.2) is 47.8 Å². The Bertz CT molecular complexity index is 1090. The lowest BCUT2D eigenvalue weighted by atomic mass is 9.96. The molecule has 0 fully saturated rings. The summed E-state index contributed by atoms with van der Waals surface area (Å²) in [5, 5.41) is 1.86. The van der Waals surface area contributed by atoms with Crippen molar-refractivity contribution >= 4 is 29.3 Å². The van der Waals surface area contributed by atoms with Crippen LogP contribution >= 0.6 is 11.3 Å². The number of aldehydes is 1. The fraction of sp³-hybridized carbons (Fsp3) is 0.136. The van der Waals surface area contributed by atoms with Crippen molar-refractivity contribution in [1.82, 2.24) is 0 Å². The zero-order valence-electron chi connectivity index (χ0n) is 15.9. The van der Waals surface area contributed by atoms with E-state index in [4.69, 9.17) is 9.47 Å². The molecule has 8 heteroatoms. The molecule has 0 saturated carbocycles. The molecule has 0 spiro atoms. The highest BCUT2D eigenvalue weighted by Gasteiger charge is 2.35. The van der Waals surface area contributed by atoms with Gasteiger partial charge in [-0.25, -0.2) is 4.39 Å². The van der Waals surface area contributed by atoms with Crippen LogP contribution < -0.4 is 9.47 Å². The first-order chi connectivity index (χ1) is 14.3. The molecule has 0 N–H and O–H groups in total. The van der Waals surface area contributed by atoms with Gasteiger partial charge in [0, 0.05) is 21.6 Å². The van der Waals surface area contributed by atoms with E-state index in [1.54, 1.807) is 12.1 Å². The van der Waals surface area contributed by atoms with Crippen molar-refractivity contribution in [3.8, 4) is 21.9 Å². The lowest BCUT2D eigenvalue weighted by Gasteiger charge is -2.16. The van der Waals surface area contributed by atoms with E-state index in [2.05, 4.69) is 0 Å². The van der Waals surface area contributed by atoms with Gasteiger partial charge in [0.15, 0.2) is 6.29 Å². The largest absolute Gasteiger partial charge is 0.496 e. The van der Waals surface area contributed by atoms with Gasteiger partial charge in [-0.2, -0.15) is 13.2 Å². The van der Waals surface area contributed by atoms with Crippen molar-refractivity contribution in [2.45, 2.75) is 6.18 Å². The number of ether oxygens (including phenoxy) is 2. The lowest BCUT2D eigenvalue weighted by molar-refractivity contribution is -0.137. The Balaban J connectivity index is 2.31. The maximum absolute atomic E-state index is 14.4. The second kappa shape index (κ2) is 8.71. The summed E-state index contributed by atoms with van der Waals surface area (Å²) < 4.78 is 65.6. The second-order valence-corrected chi connectivity index (χ2v) is 7.06. The molecule has 0 aliphatic rings. The Morgan fingerprint density at radius 3 is 2.37 bits per heavy atom. The van der Waals surface area contributed by atoms with Crippen molar-refractivity contribution < 1.29 is 31.8 Å². The summed E-state index contributed by atoms with van der Waals surface area (Å²) in [6.07, 6.45) is -3.51. The van der Waals surface area contributed by atoms with Crippen LogP contribution in [0, 0.1) is 5.82 Å². The molecule has 0 amide bonds. The Labute approximate surface area is 174 Å². The third-order valence-corrected chi connectivity index (χ3v) is 5.30. The molecule has 1 aromatic heterocycles. The molecule has 0 aliphatic carbocycles. The molecular formula is C22H16F4O3S. The van der Waals surface area contributed by atoms with E-state index in [0.29, 0.717) is 11.3 Å². The van der Waals surface area contributed by atoms with Gasteiger partial charge in [0.25, 0.3) is 0 Å². The van der Waals surface area contributed by atoms with Crippen molar-refractivity contribution in [2.75, 3.05) is 14.2 Å². The molecule has 0 atom stereocenters. The van der Waals surface area contributed by atoms with E-state index in [0.717, 1.165) is 29.2 Å². The van der Waals surface area contributed by atoms with Crippen LogP contribution in [-0.4, -0.2) is 20.5 Å². The number of carbonyl (C=O) groups excluding carboxylic acids is 1. The Morgan fingerprint density at radius 1 is 1.03 bits per heavy atom. The third-order valence-electron chi connectivity index (χ3n) is 4.40. The van der Waals surface area contributed by atoms with Gasteiger partial charge in [-0.05, 0) is 41.8 Å². The fourth-order valence-electron chi connectivity index (χ4n) is 3.12. The average molecular weight is 436 g/mol. The van der Waals surface area contributed by atoms with Crippen molar-refractivity contribution in [2.24, 2.45) is 0 Å². The average Bonchev–Trinajstić information content (AvgIpc) is 3.25. The molecular weight excluding hydrogens is 420 g/mol. The van der Waals surface area contributed by atoms with Crippen LogP contribution in [0.25, 0.3) is 22.1 Å². The lowest BCUT2D eigenvalue weighted by Crippen LogP contribution is -2.11. The molecule has 0 aliphatic heterocycles. The fourth-order valence-corrected chi connectivity index (χ4v) is 3.86. The molecule has 156 valence electrons. The van der Waals surface area contributed by atoms with E-state index >= 15 is 0 Å². The Morgan fingerprint density at radius 2 is 1.80 bits per heavy atom. The van der Waals surface area contributed by atoms with E-state index in [1.165, 1.54) is 25.6 Å². The number of allylic oxidation sites excluding steroid dienone is 1. The first-order valence-electron chi connectivity index (χ1n) is 8.63. The van der Waals surface area contributed by atoms with Gasteiger partial charge in [0.05, 0.1) is 25.3 Å². The molecule has 2 aromatic carbocycles. The number of halogens is 4. The first-order valence-corrected chi connectivity index (χ1v) is 9.51. The Kier molecular flexibility index (Phi) is 6.26. The van der Waals surface area contributed by atoms with Gasteiger partial charge in [0.2, 0.25) is 0 Å². The van der Waals surface area contributed by atoms with Crippen LogP contribution in [0.2, 0.25) is 0 Å². The highest BCUT2D eigenvalue weighted by atomic mass is 32.1. The number of hydrogen-bond acceptors (Lipinski definition) is 4. The van der Waals surface area contributed by atoms with Gasteiger partial charge >= 0.3 is 6.18 Å². The minimum absolute atomic E-state index is 0.185. The summed E-state index contributed by atoms with van der Waals surface area (Å²) in [6, 6.07) is 9.59. The molecule has 3 nitrogen and oxygen atoms in total. The smallest absolute Gasteiger partial charge is 0.417 e.